The maximum Gasteiger partial charge on any atom is 0.137 e. The third-order valence-corrected chi connectivity index (χ3v) is 19.4. The minimum Gasteiger partial charge on any atom is -0.457 e. The Balaban J connectivity index is 0.803. The van der Waals surface area contributed by atoms with Crippen molar-refractivity contribution in [2.45, 2.75) is 84.0 Å². The Morgan fingerprint density at radius 1 is 0.356 bits per heavy atom. The molecule has 13 aromatic rings. The molecule has 0 unspecified atom stereocenters. The lowest BCUT2D eigenvalue weighted by molar-refractivity contribution is 0.483. The number of aromatic nitrogens is 2. The molecule has 90 heavy (non-hydrogen) atoms. The Morgan fingerprint density at radius 2 is 0.889 bits per heavy atom. The summed E-state index contributed by atoms with van der Waals surface area (Å²) in [5.74, 6) is 2.35. The van der Waals surface area contributed by atoms with Crippen molar-refractivity contribution in [3.05, 3.63) is 300 Å². The van der Waals surface area contributed by atoms with Crippen LogP contribution < -0.4 is 14.5 Å². The second-order valence-corrected chi connectivity index (χ2v) is 28.0. The van der Waals surface area contributed by atoms with Gasteiger partial charge >= 0.3 is 0 Å². The van der Waals surface area contributed by atoms with Crippen LogP contribution in [0.1, 0.15) is 101 Å². The van der Waals surface area contributed by atoms with E-state index in [0.717, 1.165) is 61.9 Å². The lowest BCUT2D eigenvalue weighted by Crippen LogP contribution is -2.25. The lowest BCUT2D eigenvalue weighted by Gasteiger charge is -2.31. The van der Waals surface area contributed by atoms with Crippen molar-refractivity contribution < 1.29 is 4.74 Å². The Labute approximate surface area is 529 Å². The molecule has 16 rings (SSSR count). The number of anilines is 4. The molecule has 11 aromatic carbocycles. The van der Waals surface area contributed by atoms with Gasteiger partial charge in [-0.1, -0.05) is 244 Å². The Morgan fingerprint density at radius 3 is 1.56 bits per heavy atom. The summed E-state index contributed by atoms with van der Waals surface area (Å²) in [5, 5.41) is 2.31. The Hall–Kier alpha value is -10.2. The van der Waals surface area contributed by atoms with Crippen molar-refractivity contribution in [1.82, 2.24) is 9.55 Å². The molecule has 2 aromatic heterocycles. The molecule has 1 aliphatic heterocycles. The van der Waals surface area contributed by atoms with Crippen molar-refractivity contribution in [3.63, 3.8) is 0 Å². The van der Waals surface area contributed by atoms with Crippen LogP contribution in [0, 0.1) is 0 Å². The van der Waals surface area contributed by atoms with E-state index in [9.17, 15) is 0 Å². The summed E-state index contributed by atoms with van der Waals surface area (Å²) in [6.07, 6.45) is 2.00. The van der Waals surface area contributed by atoms with Gasteiger partial charge in [0.2, 0.25) is 0 Å². The van der Waals surface area contributed by atoms with E-state index >= 15 is 0 Å². The summed E-state index contributed by atoms with van der Waals surface area (Å²) in [6.45, 7) is 21.4. The standard InChI is InChI=1S/C85H72N4O/c1-82(2,3)58-24-20-23-54(45-58)56-40-44-80(86-52-56)89-76-36-17-13-30-69(76)70-42-41-63(51-79(70)89)90-62-26-21-25-61(50-62)87-53-88(78-38-19-18-37-77(78)87)81-64(31-22-32-65(81)57-46-59(83(4,5)6)49-60(47-57)84(7,8)9)55-39-43-75-71(48-55)68-29-12-16-35-74(68)85(75)72-33-14-10-27-66(72)67-28-11-15-34-73(67)85/h10-52H,53H2,1-9H3. The molecule has 0 N–H and O–H groups in total. The van der Waals surface area contributed by atoms with Crippen LogP contribution in [0.4, 0.5) is 22.7 Å². The first-order valence-corrected chi connectivity index (χ1v) is 31.8. The van der Waals surface area contributed by atoms with Crippen molar-refractivity contribution >= 4 is 44.6 Å². The van der Waals surface area contributed by atoms with Crippen molar-refractivity contribution in [1.29, 1.82) is 0 Å². The fourth-order valence-electron chi connectivity index (χ4n) is 14.8. The molecular weight excluding hydrogens is 1090 g/mol. The zero-order valence-corrected chi connectivity index (χ0v) is 52.7. The average molecular weight is 1170 g/mol. The predicted molar refractivity (Wildman–Crippen MR) is 376 cm³/mol. The first-order chi connectivity index (χ1) is 43.5. The number of fused-ring (bicyclic) bond motifs is 14. The SMILES string of the molecule is CC(C)(C)c1cccc(-c2ccc(-n3c4ccccc4c4ccc(Oc5cccc(N6CN(c7c(-c8cc(C(C)(C)C)cc(C(C)(C)C)c8)cccc7-c7ccc8c(c7)-c7ccccc7C87c8ccccc8-c8ccccc87)c7ccccc76)c5)cc43)nc2)c1. The van der Waals surface area contributed by atoms with Gasteiger partial charge in [-0.25, -0.2) is 4.98 Å². The van der Waals surface area contributed by atoms with Crippen LogP contribution in [0.25, 0.3) is 83.3 Å². The number of hydrogen-bond donors (Lipinski definition) is 0. The van der Waals surface area contributed by atoms with Crippen LogP contribution in [-0.2, 0) is 21.7 Å². The molecule has 0 amide bonds. The van der Waals surface area contributed by atoms with Gasteiger partial charge in [0, 0.05) is 51.5 Å². The Bertz CT molecular complexity index is 4960. The molecule has 0 saturated heterocycles. The predicted octanol–water partition coefficient (Wildman–Crippen LogP) is 22.5. The third kappa shape index (κ3) is 8.76. The molecule has 3 aliphatic rings. The second kappa shape index (κ2) is 20.4. The summed E-state index contributed by atoms with van der Waals surface area (Å²) in [6, 6.07) is 94.7. The smallest absolute Gasteiger partial charge is 0.137 e. The molecule has 5 heteroatoms. The highest BCUT2D eigenvalue weighted by atomic mass is 16.5. The zero-order chi connectivity index (χ0) is 61.4. The summed E-state index contributed by atoms with van der Waals surface area (Å²) < 4.78 is 9.25. The lowest BCUT2D eigenvalue weighted by atomic mass is 9.70. The molecule has 0 fully saturated rings. The minimum absolute atomic E-state index is 0.0473. The fraction of sp³-hybridized carbons (Fsp3) is 0.165. The number of ether oxygens (including phenoxy) is 1. The Kier molecular flexibility index (Phi) is 12.5. The van der Waals surface area contributed by atoms with Gasteiger partial charge in [-0.2, -0.15) is 0 Å². The molecule has 3 heterocycles. The van der Waals surface area contributed by atoms with Crippen LogP contribution in [0.3, 0.4) is 0 Å². The minimum atomic E-state index is -0.427. The molecule has 438 valence electrons. The van der Waals surface area contributed by atoms with Crippen LogP contribution in [0.5, 0.6) is 11.5 Å². The van der Waals surface area contributed by atoms with Crippen LogP contribution in [-0.4, -0.2) is 16.2 Å². The van der Waals surface area contributed by atoms with Gasteiger partial charge in [0.15, 0.2) is 0 Å². The van der Waals surface area contributed by atoms with Gasteiger partial charge in [0.05, 0.1) is 33.5 Å². The van der Waals surface area contributed by atoms with Gasteiger partial charge in [0.1, 0.15) is 24.0 Å². The average Bonchev–Trinajstić information content (AvgIpc) is 1.51. The number of pyridine rings is 1. The summed E-state index contributed by atoms with van der Waals surface area (Å²) in [5.41, 5.74) is 27.6. The first kappa shape index (κ1) is 55.1. The highest BCUT2D eigenvalue weighted by Gasteiger charge is 2.51. The summed E-state index contributed by atoms with van der Waals surface area (Å²) >= 11 is 0. The second-order valence-electron chi connectivity index (χ2n) is 28.0. The third-order valence-electron chi connectivity index (χ3n) is 19.4. The van der Waals surface area contributed by atoms with E-state index in [1.807, 2.05) is 6.20 Å². The van der Waals surface area contributed by atoms with E-state index in [-0.39, 0.29) is 16.2 Å². The van der Waals surface area contributed by atoms with Crippen LogP contribution in [0.2, 0.25) is 0 Å². The highest BCUT2D eigenvalue weighted by molar-refractivity contribution is 6.10. The molecule has 0 bridgehead atoms. The topological polar surface area (TPSA) is 33.5 Å². The number of nitrogens with zero attached hydrogens (tertiary/aromatic N) is 4. The molecule has 1 spiro atoms. The van der Waals surface area contributed by atoms with Crippen molar-refractivity contribution in [3.8, 4) is 73.0 Å². The molecule has 0 atom stereocenters. The van der Waals surface area contributed by atoms with Gasteiger partial charge in [-0.3, -0.25) is 4.57 Å². The maximum atomic E-state index is 6.98. The molecule has 0 saturated carbocycles. The number of rotatable bonds is 8. The quantitative estimate of drug-likeness (QED) is 0.152. The summed E-state index contributed by atoms with van der Waals surface area (Å²) in [7, 11) is 0. The van der Waals surface area contributed by atoms with Crippen molar-refractivity contribution in [2.24, 2.45) is 0 Å². The molecule has 0 radical (unpaired) electrons. The molecule has 2 aliphatic carbocycles. The number of benzene rings is 11. The summed E-state index contributed by atoms with van der Waals surface area (Å²) in [4.78, 5) is 10.2. The fourth-order valence-corrected chi connectivity index (χ4v) is 14.8. The zero-order valence-electron chi connectivity index (χ0n) is 52.7. The van der Waals surface area contributed by atoms with E-state index < -0.39 is 5.41 Å². The number of para-hydroxylation sites is 4. The van der Waals surface area contributed by atoms with Crippen LogP contribution in [0.15, 0.2) is 261 Å². The maximum absolute atomic E-state index is 6.98. The van der Waals surface area contributed by atoms with E-state index in [0.29, 0.717) is 6.67 Å². The van der Waals surface area contributed by atoms with E-state index in [2.05, 4.69) is 331 Å². The van der Waals surface area contributed by atoms with Crippen LogP contribution >= 0.6 is 0 Å². The monoisotopic (exact) mass is 1160 g/mol. The van der Waals surface area contributed by atoms with Gasteiger partial charge in [0.25, 0.3) is 0 Å². The highest BCUT2D eigenvalue weighted by Crippen LogP contribution is 2.63. The van der Waals surface area contributed by atoms with Gasteiger partial charge in [-0.05, 0) is 155 Å². The van der Waals surface area contributed by atoms with Gasteiger partial charge < -0.3 is 14.5 Å². The van der Waals surface area contributed by atoms with Crippen molar-refractivity contribution in [2.75, 3.05) is 16.5 Å². The first-order valence-electron chi connectivity index (χ1n) is 31.8. The number of hydrogen-bond acceptors (Lipinski definition) is 4. The largest absolute Gasteiger partial charge is 0.457 e. The van der Waals surface area contributed by atoms with E-state index in [4.69, 9.17) is 9.72 Å². The normalized spacial score (nSPS) is 13.8. The molecule has 5 nitrogen and oxygen atoms in total. The van der Waals surface area contributed by atoms with Gasteiger partial charge in [-0.15, -0.1) is 0 Å². The van der Waals surface area contributed by atoms with E-state index in [1.54, 1.807) is 0 Å². The molecular formula is C85H72N4O. The van der Waals surface area contributed by atoms with E-state index in [1.165, 1.54) is 94.5 Å².